The lowest BCUT2D eigenvalue weighted by Crippen LogP contribution is -2.25. The molecule has 0 atom stereocenters. The number of hydrogen-bond donors (Lipinski definition) is 3. The van der Waals surface area contributed by atoms with Crippen LogP contribution in [0.15, 0.2) is 36.5 Å². The number of nitrogens with one attached hydrogen (secondary N) is 2. The monoisotopic (exact) mass is 247 g/mol. The number of nitrogen functional groups attached to an aromatic ring is 1. The van der Waals surface area contributed by atoms with E-state index >= 15 is 0 Å². The molecule has 1 aromatic heterocycles. The molecule has 0 spiro atoms. The van der Waals surface area contributed by atoms with E-state index in [2.05, 4.69) is 10.3 Å². The topological polar surface area (TPSA) is 70.9 Å². The highest BCUT2D eigenvalue weighted by atomic mass is 19.1. The van der Waals surface area contributed by atoms with Crippen molar-refractivity contribution in [3.63, 3.8) is 0 Å². The minimum Gasteiger partial charge on any atom is -0.397 e. The van der Waals surface area contributed by atoms with Crippen LogP contribution in [0.2, 0.25) is 0 Å². The number of halogens is 1. The molecule has 1 amide bonds. The van der Waals surface area contributed by atoms with Crippen LogP contribution >= 0.6 is 0 Å². The normalized spacial score (nSPS) is 10.3. The van der Waals surface area contributed by atoms with Gasteiger partial charge in [0.2, 0.25) is 0 Å². The number of nitrogens with two attached hydrogens (primary N) is 1. The molecule has 4 nitrogen and oxygen atoms in total. The Morgan fingerprint density at radius 1 is 1.39 bits per heavy atom. The van der Waals surface area contributed by atoms with Crippen molar-refractivity contribution in [1.82, 2.24) is 10.3 Å². The molecular formula is C13H14FN3O. The lowest BCUT2D eigenvalue weighted by Gasteiger charge is -2.04. The molecule has 1 aromatic carbocycles. The second kappa shape index (κ2) is 5.35. The number of carbonyl (C=O) groups is 1. The van der Waals surface area contributed by atoms with Crippen molar-refractivity contribution < 1.29 is 9.18 Å². The number of anilines is 1. The second-order valence-corrected chi connectivity index (χ2v) is 3.98. The lowest BCUT2D eigenvalue weighted by atomic mass is 10.1. The van der Waals surface area contributed by atoms with Crippen molar-refractivity contribution in [2.45, 2.75) is 6.42 Å². The standard InChI is InChI=1S/C13H14FN3O/c14-10-3-1-2-9(6-10)4-5-16-13(18)12-7-11(15)8-17-12/h1-3,6-8,17H,4-5,15H2,(H,16,18). The van der Waals surface area contributed by atoms with Gasteiger partial charge >= 0.3 is 0 Å². The summed E-state index contributed by atoms with van der Waals surface area (Å²) in [7, 11) is 0. The van der Waals surface area contributed by atoms with Gasteiger partial charge in [0.15, 0.2) is 0 Å². The molecule has 94 valence electrons. The highest BCUT2D eigenvalue weighted by Crippen LogP contribution is 2.05. The molecule has 1 heterocycles. The summed E-state index contributed by atoms with van der Waals surface area (Å²) in [6.07, 6.45) is 2.14. The highest BCUT2D eigenvalue weighted by Gasteiger charge is 2.06. The van der Waals surface area contributed by atoms with Crippen LogP contribution in [0.5, 0.6) is 0 Å². The Morgan fingerprint density at radius 2 is 2.22 bits per heavy atom. The number of amides is 1. The van der Waals surface area contributed by atoms with Gasteiger partial charge in [-0.25, -0.2) is 4.39 Å². The number of H-pyrrole nitrogens is 1. The van der Waals surface area contributed by atoms with E-state index in [1.807, 2.05) is 6.07 Å². The molecular weight excluding hydrogens is 233 g/mol. The zero-order valence-electron chi connectivity index (χ0n) is 9.74. The molecule has 4 N–H and O–H groups in total. The van der Waals surface area contributed by atoms with E-state index in [0.717, 1.165) is 5.56 Å². The van der Waals surface area contributed by atoms with Gasteiger partial charge < -0.3 is 16.0 Å². The zero-order chi connectivity index (χ0) is 13.0. The van der Waals surface area contributed by atoms with Crippen LogP contribution < -0.4 is 11.1 Å². The summed E-state index contributed by atoms with van der Waals surface area (Å²) < 4.78 is 12.9. The maximum atomic E-state index is 12.9. The summed E-state index contributed by atoms with van der Waals surface area (Å²) >= 11 is 0. The van der Waals surface area contributed by atoms with Crippen molar-refractivity contribution in [2.24, 2.45) is 0 Å². The number of aromatic nitrogens is 1. The molecule has 0 saturated carbocycles. The van der Waals surface area contributed by atoms with Crippen LogP contribution in [-0.2, 0) is 6.42 Å². The fourth-order valence-corrected chi connectivity index (χ4v) is 1.65. The van der Waals surface area contributed by atoms with Crippen LogP contribution in [0.4, 0.5) is 10.1 Å². The van der Waals surface area contributed by atoms with Gasteiger partial charge in [0.1, 0.15) is 11.5 Å². The summed E-state index contributed by atoms with van der Waals surface area (Å²) in [6, 6.07) is 7.89. The number of rotatable bonds is 4. The molecule has 0 bridgehead atoms. The Bertz CT molecular complexity index is 551. The van der Waals surface area contributed by atoms with Crippen molar-refractivity contribution >= 4 is 11.6 Å². The van der Waals surface area contributed by atoms with E-state index in [0.29, 0.717) is 24.3 Å². The van der Waals surface area contributed by atoms with E-state index in [1.54, 1.807) is 18.3 Å². The lowest BCUT2D eigenvalue weighted by molar-refractivity contribution is 0.0950. The summed E-state index contributed by atoms with van der Waals surface area (Å²) in [5, 5.41) is 2.73. The summed E-state index contributed by atoms with van der Waals surface area (Å²) in [5.74, 6) is -0.487. The van der Waals surface area contributed by atoms with Gasteiger partial charge in [-0.05, 0) is 30.2 Å². The van der Waals surface area contributed by atoms with E-state index in [9.17, 15) is 9.18 Å². The van der Waals surface area contributed by atoms with Gasteiger partial charge in [0.05, 0.1) is 0 Å². The van der Waals surface area contributed by atoms with Crippen molar-refractivity contribution in [1.29, 1.82) is 0 Å². The van der Waals surface area contributed by atoms with Gasteiger partial charge in [0, 0.05) is 18.4 Å². The molecule has 0 aliphatic rings. The molecule has 0 aliphatic carbocycles. The number of benzene rings is 1. The van der Waals surface area contributed by atoms with Gasteiger partial charge in [-0.3, -0.25) is 4.79 Å². The molecule has 5 heteroatoms. The fraction of sp³-hybridized carbons (Fsp3) is 0.154. The largest absolute Gasteiger partial charge is 0.397 e. The Kier molecular flexibility index (Phi) is 3.62. The number of aromatic amines is 1. The quantitative estimate of drug-likeness (QED) is 0.769. The summed E-state index contributed by atoms with van der Waals surface area (Å²) in [6.45, 7) is 0.446. The first kappa shape index (κ1) is 12.2. The molecule has 0 saturated heterocycles. The average Bonchev–Trinajstić information content (AvgIpc) is 2.76. The Hall–Kier alpha value is -2.30. The predicted octanol–water partition coefficient (Wildman–Crippen LogP) is 1.71. The Balaban J connectivity index is 1.84. The van der Waals surface area contributed by atoms with Gasteiger partial charge in [-0.1, -0.05) is 12.1 Å². The molecule has 18 heavy (non-hydrogen) atoms. The third kappa shape index (κ3) is 3.10. The fourth-order valence-electron chi connectivity index (χ4n) is 1.65. The highest BCUT2D eigenvalue weighted by molar-refractivity contribution is 5.93. The third-order valence-corrected chi connectivity index (χ3v) is 2.54. The molecule has 0 fully saturated rings. The van der Waals surface area contributed by atoms with Crippen LogP contribution in [0.1, 0.15) is 16.1 Å². The van der Waals surface area contributed by atoms with E-state index < -0.39 is 0 Å². The molecule has 0 aliphatic heterocycles. The smallest absolute Gasteiger partial charge is 0.267 e. The predicted molar refractivity (Wildman–Crippen MR) is 67.6 cm³/mol. The maximum Gasteiger partial charge on any atom is 0.267 e. The summed E-state index contributed by atoms with van der Waals surface area (Å²) in [4.78, 5) is 14.4. The summed E-state index contributed by atoms with van der Waals surface area (Å²) in [5.41, 5.74) is 7.29. The SMILES string of the molecule is Nc1c[nH]c(C(=O)NCCc2cccc(F)c2)c1. The number of hydrogen-bond acceptors (Lipinski definition) is 2. The third-order valence-electron chi connectivity index (χ3n) is 2.54. The number of carbonyl (C=O) groups excluding carboxylic acids is 1. The van der Waals surface area contributed by atoms with Crippen LogP contribution in [0, 0.1) is 5.82 Å². The first-order valence-corrected chi connectivity index (χ1v) is 5.61. The van der Waals surface area contributed by atoms with Crippen molar-refractivity contribution in [3.8, 4) is 0 Å². The Labute approximate surface area is 104 Å². The maximum absolute atomic E-state index is 12.9. The van der Waals surface area contributed by atoms with Crippen molar-refractivity contribution in [2.75, 3.05) is 12.3 Å². The minimum atomic E-state index is -0.268. The zero-order valence-corrected chi connectivity index (χ0v) is 9.74. The van der Waals surface area contributed by atoms with Crippen LogP contribution in [-0.4, -0.2) is 17.4 Å². The van der Waals surface area contributed by atoms with Gasteiger partial charge in [-0.2, -0.15) is 0 Å². The Morgan fingerprint density at radius 3 is 2.89 bits per heavy atom. The first-order valence-electron chi connectivity index (χ1n) is 5.61. The van der Waals surface area contributed by atoms with Gasteiger partial charge in [0.25, 0.3) is 5.91 Å². The first-order chi connectivity index (χ1) is 8.65. The van der Waals surface area contributed by atoms with E-state index in [-0.39, 0.29) is 11.7 Å². The van der Waals surface area contributed by atoms with Crippen LogP contribution in [0.25, 0.3) is 0 Å². The average molecular weight is 247 g/mol. The molecule has 0 radical (unpaired) electrons. The molecule has 0 unspecified atom stereocenters. The van der Waals surface area contributed by atoms with Crippen molar-refractivity contribution in [3.05, 3.63) is 53.6 Å². The van der Waals surface area contributed by atoms with Gasteiger partial charge in [-0.15, -0.1) is 0 Å². The molecule has 2 rings (SSSR count). The van der Waals surface area contributed by atoms with E-state index in [4.69, 9.17) is 5.73 Å². The minimum absolute atomic E-state index is 0.219. The molecule has 2 aromatic rings. The van der Waals surface area contributed by atoms with Crippen LogP contribution in [0.3, 0.4) is 0 Å². The van der Waals surface area contributed by atoms with E-state index in [1.165, 1.54) is 12.1 Å². The second-order valence-electron chi connectivity index (χ2n) is 3.98.